The first kappa shape index (κ1) is 7.60. The van der Waals surface area contributed by atoms with Crippen LogP contribution in [0.5, 0.6) is 0 Å². The van der Waals surface area contributed by atoms with Crippen LogP contribution in [0.1, 0.15) is 6.92 Å². The first-order valence-electron chi connectivity index (χ1n) is 2.31. The van der Waals surface area contributed by atoms with E-state index in [-0.39, 0.29) is 0 Å². The Kier molecular flexibility index (Phi) is 4.53. The van der Waals surface area contributed by atoms with E-state index in [2.05, 4.69) is 25.9 Å². The molecule has 0 rings (SSSR count). The van der Waals surface area contributed by atoms with Crippen LogP contribution in [0.25, 0.3) is 0 Å². The molecule has 0 N–H and O–H groups in total. The maximum absolute atomic E-state index is 2.25. The summed E-state index contributed by atoms with van der Waals surface area (Å²) < 4.78 is 0.873. The van der Waals surface area contributed by atoms with Crippen molar-refractivity contribution in [3.63, 3.8) is 0 Å². The molecule has 0 spiro atoms. The summed E-state index contributed by atoms with van der Waals surface area (Å²) in [7, 11) is 4.24. The van der Waals surface area contributed by atoms with Crippen LogP contribution in [-0.2, 0) is 0 Å². The molecule has 1 atom stereocenters. The van der Waals surface area contributed by atoms with E-state index < -0.39 is 0 Å². The fourth-order valence-electron chi connectivity index (χ4n) is 0. The molecule has 0 radical (unpaired) electrons. The summed E-state index contributed by atoms with van der Waals surface area (Å²) in [6.07, 6.45) is 0. The van der Waals surface area contributed by atoms with Gasteiger partial charge in [-0.2, -0.15) is 0 Å². The summed E-state index contributed by atoms with van der Waals surface area (Å²) in [5.74, 6) is 0. The van der Waals surface area contributed by atoms with E-state index in [1.165, 1.54) is 0 Å². The Morgan fingerprint density at radius 2 is 1.67 bits per heavy atom. The third-order valence-electron chi connectivity index (χ3n) is 1.03. The fraction of sp³-hybridized carbons (Fsp3) is 1.00. The summed E-state index contributed by atoms with van der Waals surface area (Å²) in [6, 6.07) is 0. The molecule has 0 aromatic rings. The molecule has 0 aromatic heterocycles. The molecule has 0 saturated carbocycles. The zero-order chi connectivity index (χ0) is 5.15. The van der Waals surface area contributed by atoms with E-state index in [0.717, 1.165) is 49.1 Å². The van der Waals surface area contributed by atoms with Crippen molar-refractivity contribution in [3.8, 4) is 0 Å². The number of hydrogen-bond acceptors (Lipinski definition) is 1. The van der Waals surface area contributed by atoms with Crippen molar-refractivity contribution in [2.75, 3.05) is 14.1 Å². The van der Waals surface area contributed by atoms with Crippen LogP contribution in [-0.4, -0.2) is 68.1 Å². The molecule has 0 fully saturated rings. The minimum atomic E-state index is 0.873. The zero-order valence-corrected chi connectivity index (χ0v) is 8.15. The van der Waals surface area contributed by atoms with Gasteiger partial charge in [-0.25, -0.2) is 0 Å². The van der Waals surface area contributed by atoms with E-state index in [0.29, 0.717) is 0 Å². The third kappa shape index (κ3) is 3.78. The topological polar surface area (TPSA) is 3.24 Å². The second kappa shape index (κ2) is 3.58. The molecule has 0 aliphatic carbocycles. The molecule has 1 unspecified atom stereocenters. The fourth-order valence-corrected chi connectivity index (χ4v) is 0. The molecule has 0 heterocycles. The van der Waals surface area contributed by atoms with Gasteiger partial charge in [-0.05, 0) is 0 Å². The SMILES string of the molecule is C[CH]([K])N(C)C. The zero-order valence-electron chi connectivity index (χ0n) is 5.02. The molecule has 0 aromatic carbocycles. The van der Waals surface area contributed by atoms with Crippen molar-refractivity contribution in [2.45, 2.75) is 7.06 Å². The Hall–Kier alpha value is 1.60. The van der Waals surface area contributed by atoms with Crippen molar-refractivity contribution >= 4 is 49.0 Å². The summed E-state index contributed by atoms with van der Waals surface area (Å²) >= 11 is 0.969. The average Bonchev–Trinajstić information content (AvgIpc) is 1.36. The number of rotatable bonds is 1. The quantitative estimate of drug-likeness (QED) is 0.433. The van der Waals surface area contributed by atoms with Crippen molar-refractivity contribution in [1.29, 1.82) is 0 Å². The Balaban J connectivity index is 2.99. The molecule has 0 saturated heterocycles. The van der Waals surface area contributed by atoms with Gasteiger partial charge in [0, 0.05) is 0 Å². The molecular formula is C4H10KN. The van der Waals surface area contributed by atoms with E-state index >= 15 is 0 Å². The van der Waals surface area contributed by atoms with Gasteiger partial charge in [-0.3, -0.25) is 0 Å². The van der Waals surface area contributed by atoms with Gasteiger partial charge in [-0.15, -0.1) is 0 Å². The Morgan fingerprint density at radius 1 is 1.50 bits per heavy atom. The minimum absolute atomic E-state index is 0.873. The van der Waals surface area contributed by atoms with Gasteiger partial charge in [0.1, 0.15) is 0 Å². The van der Waals surface area contributed by atoms with Gasteiger partial charge in [-0.1, -0.05) is 0 Å². The van der Waals surface area contributed by atoms with E-state index in [9.17, 15) is 0 Å². The second-order valence-electron chi connectivity index (χ2n) is 2.06. The van der Waals surface area contributed by atoms with Crippen molar-refractivity contribution in [2.24, 2.45) is 0 Å². The molecule has 6 heavy (non-hydrogen) atoms. The molecular weight excluding hydrogens is 101 g/mol. The van der Waals surface area contributed by atoms with Crippen molar-refractivity contribution in [3.05, 3.63) is 0 Å². The molecule has 0 aliphatic heterocycles. The summed E-state index contributed by atoms with van der Waals surface area (Å²) in [5, 5.41) is 0. The van der Waals surface area contributed by atoms with Crippen LogP contribution in [0.2, 0.25) is 0 Å². The predicted molar refractivity (Wildman–Crippen MR) is 28.9 cm³/mol. The van der Waals surface area contributed by atoms with Crippen LogP contribution in [0.15, 0.2) is 0 Å². The second-order valence-corrected chi connectivity index (χ2v) is 4.67. The molecule has 0 aliphatic rings. The van der Waals surface area contributed by atoms with Crippen LogP contribution < -0.4 is 0 Å². The third-order valence-corrected chi connectivity index (χ3v) is 2.65. The predicted octanol–water partition coefficient (Wildman–Crippen LogP) is 0.0625. The van der Waals surface area contributed by atoms with Gasteiger partial charge in [0.25, 0.3) is 0 Å². The average molecular weight is 111 g/mol. The summed E-state index contributed by atoms with van der Waals surface area (Å²) in [4.78, 5) is 2.25. The number of hydrogen-bond donors (Lipinski definition) is 0. The monoisotopic (exact) mass is 111 g/mol. The molecule has 0 bridgehead atoms. The van der Waals surface area contributed by atoms with Crippen LogP contribution in [0, 0.1) is 0 Å². The van der Waals surface area contributed by atoms with E-state index in [4.69, 9.17) is 0 Å². The Morgan fingerprint density at radius 3 is 1.67 bits per heavy atom. The first-order valence-corrected chi connectivity index (χ1v) is 4.11. The van der Waals surface area contributed by atoms with Gasteiger partial charge < -0.3 is 0 Å². The van der Waals surface area contributed by atoms with Crippen LogP contribution >= 0.6 is 0 Å². The first-order chi connectivity index (χ1) is 2.64. The van der Waals surface area contributed by atoms with Gasteiger partial charge in [0.15, 0.2) is 0 Å². The van der Waals surface area contributed by atoms with Gasteiger partial charge in [0.05, 0.1) is 0 Å². The van der Waals surface area contributed by atoms with E-state index in [1.54, 1.807) is 0 Å². The normalized spacial score (nSPS) is 15.7. The standard InChI is InChI=1S/C4H10N.K/c1-4-5(2)3;/h4H,1-3H3;. The van der Waals surface area contributed by atoms with Gasteiger partial charge in [0.2, 0.25) is 0 Å². The molecule has 2 heteroatoms. The maximum atomic E-state index is 2.25. The number of nitrogens with zero attached hydrogens (tertiary/aromatic N) is 1. The summed E-state index contributed by atoms with van der Waals surface area (Å²) in [6.45, 7) is 2.25. The van der Waals surface area contributed by atoms with Crippen LogP contribution in [0.3, 0.4) is 0 Å². The summed E-state index contributed by atoms with van der Waals surface area (Å²) in [5.41, 5.74) is 0. The Labute approximate surface area is 73.7 Å². The molecule has 0 amide bonds. The molecule has 1 nitrogen and oxygen atoms in total. The van der Waals surface area contributed by atoms with Crippen molar-refractivity contribution in [1.82, 2.24) is 4.90 Å². The Bertz CT molecular complexity index is 28.5. The van der Waals surface area contributed by atoms with Gasteiger partial charge >= 0.3 is 75.0 Å². The van der Waals surface area contributed by atoms with Crippen LogP contribution in [0.4, 0.5) is 0 Å². The van der Waals surface area contributed by atoms with Crippen molar-refractivity contribution < 1.29 is 0 Å². The molecule has 32 valence electrons. The van der Waals surface area contributed by atoms with E-state index in [1.807, 2.05) is 0 Å².